The standard InChI is InChI=1S/C18H12O2S4/c1-19-9-3-5-11-13(7-9)21-17-15(11)23-24-16-12-6-4-10(20-2)8-14(12)22-18(16)17/h3-8H,1-2H3. The van der Waals surface area contributed by atoms with Crippen LogP contribution in [0.1, 0.15) is 0 Å². The topological polar surface area (TPSA) is 18.5 Å². The summed E-state index contributed by atoms with van der Waals surface area (Å²) in [4.78, 5) is 5.54. The summed E-state index contributed by atoms with van der Waals surface area (Å²) in [6.07, 6.45) is 0. The van der Waals surface area contributed by atoms with Crippen molar-refractivity contribution in [2.45, 2.75) is 9.79 Å². The summed E-state index contributed by atoms with van der Waals surface area (Å²) in [5, 5.41) is 2.66. The average molecular weight is 389 g/mol. The highest BCUT2D eigenvalue weighted by Gasteiger charge is 2.26. The maximum atomic E-state index is 5.38. The van der Waals surface area contributed by atoms with Crippen LogP contribution >= 0.6 is 44.3 Å². The zero-order valence-corrected chi connectivity index (χ0v) is 16.2. The van der Waals surface area contributed by atoms with Gasteiger partial charge < -0.3 is 9.47 Å². The quantitative estimate of drug-likeness (QED) is 0.347. The summed E-state index contributed by atoms with van der Waals surface area (Å²) < 4.78 is 13.3. The number of fused-ring (bicyclic) bond motifs is 7. The maximum absolute atomic E-state index is 5.38. The second kappa shape index (κ2) is 5.59. The van der Waals surface area contributed by atoms with Crippen LogP contribution in [0.5, 0.6) is 11.5 Å². The second-order valence-corrected chi connectivity index (χ2v) is 9.67. The molecule has 2 aromatic heterocycles. The summed E-state index contributed by atoms with van der Waals surface area (Å²) in [5.74, 6) is 1.83. The van der Waals surface area contributed by atoms with Gasteiger partial charge >= 0.3 is 0 Å². The lowest BCUT2D eigenvalue weighted by Crippen LogP contribution is -1.82. The van der Waals surface area contributed by atoms with E-state index in [1.807, 2.05) is 56.4 Å². The molecule has 1 aliphatic rings. The highest BCUT2D eigenvalue weighted by atomic mass is 33.1. The van der Waals surface area contributed by atoms with Crippen molar-refractivity contribution in [3.63, 3.8) is 0 Å². The molecule has 0 atom stereocenters. The molecule has 0 bridgehead atoms. The molecule has 2 nitrogen and oxygen atoms in total. The fraction of sp³-hybridized carbons (Fsp3) is 0.111. The molecule has 0 saturated heterocycles. The number of methoxy groups -OCH3 is 2. The molecule has 4 aromatic rings. The first-order chi connectivity index (χ1) is 11.8. The van der Waals surface area contributed by atoms with Gasteiger partial charge in [-0.15, -0.1) is 22.7 Å². The smallest absolute Gasteiger partial charge is 0.120 e. The monoisotopic (exact) mass is 388 g/mol. The first-order valence-electron chi connectivity index (χ1n) is 7.34. The Morgan fingerprint density at radius 1 is 0.667 bits per heavy atom. The van der Waals surface area contributed by atoms with Gasteiger partial charge in [0.15, 0.2) is 0 Å². The van der Waals surface area contributed by atoms with E-state index in [2.05, 4.69) is 24.3 Å². The minimum atomic E-state index is 0.917. The minimum absolute atomic E-state index is 0.917. The van der Waals surface area contributed by atoms with Crippen LogP contribution in [0.25, 0.3) is 29.9 Å². The lowest BCUT2D eigenvalue weighted by Gasteiger charge is -2.11. The van der Waals surface area contributed by atoms with Crippen molar-refractivity contribution < 1.29 is 9.47 Å². The minimum Gasteiger partial charge on any atom is -0.497 e. The van der Waals surface area contributed by atoms with Gasteiger partial charge in [-0.05, 0) is 36.4 Å². The van der Waals surface area contributed by atoms with Crippen molar-refractivity contribution in [3.8, 4) is 21.3 Å². The van der Waals surface area contributed by atoms with E-state index in [1.165, 1.54) is 39.7 Å². The van der Waals surface area contributed by atoms with E-state index in [0.29, 0.717) is 0 Å². The van der Waals surface area contributed by atoms with Crippen molar-refractivity contribution >= 4 is 64.4 Å². The van der Waals surface area contributed by atoms with Gasteiger partial charge in [0.2, 0.25) is 0 Å². The number of hydrogen-bond acceptors (Lipinski definition) is 6. The molecular formula is C18H12O2S4. The van der Waals surface area contributed by atoms with Crippen LogP contribution in [-0.2, 0) is 0 Å². The molecule has 1 aliphatic heterocycles. The third-order valence-corrected chi connectivity index (χ3v) is 9.36. The van der Waals surface area contributed by atoms with E-state index < -0.39 is 0 Å². The molecule has 0 radical (unpaired) electrons. The fourth-order valence-corrected chi connectivity index (χ4v) is 8.97. The Balaban J connectivity index is 1.77. The molecule has 0 amide bonds. The molecule has 6 heteroatoms. The van der Waals surface area contributed by atoms with Crippen LogP contribution in [0.3, 0.4) is 0 Å². The van der Waals surface area contributed by atoms with Gasteiger partial charge in [0.25, 0.3) is 0 Å². The molecule has 3 heterocycles. The van der Waals surface area contributed by atoms with E-state index in [4.69, 9.17) is 9.47 Å². The number of hydrogen-bond donors (Lipinski definition) is 0. The first kappa shape index (κ1) is 15.0. The second-order valence-electron chi connectivity index (χ2n) is 5.41. The zero-order chi connectivity index (χ0) is 16.3. The van der Waals surface area contributed by atoms with E-state index >= 15 is 0 Å². The summed E-state index contributed by atoms with van der Waals surface area (Å²) in [6, 6.07) is 12.7. The fourth-order valence-electron chi connectivity index (χ4n) is 2.91. The molecule has 0 unspecified atom stereocenters. The Kier molecular flexibility index (Phi) is 3.49. The van der Waals surface area contributed by atoms with E-state index in [0.717, 1.165) is 11.5 Å². The first-order valence-corrected chi connectivity index (χ1v) is 11.1. The third kappa shape index (κ3) is 2.10. The van der Waals surface area contributed by atoms with E-state index in [9.17, 15) is 0 Å². The normalized spacial score (nSPS) is 13.1. The van der Waals surface area contributed by atoms with Crippen molar-refractivity contribution in [1.82, 2.24) is 0 Å². The van der Waals surface area contributed by atoms with Gasteiger partial charge in [-0.1, -0.05) is 21.6 Å². The van der Waals surface area contributed by atoms with Crippen LogP contribution in [0.2, 0.25) is 0 Å². The number of rotatable bonds is 2. The van der Waals surface area contributed by atoms with Crippen LogP contribution in [-0.4, -0.2) is 14.2 Å². The van der Waals surface area contributed by atoms with Crippen LogP contribution in [0.4, 0.5) is 0 Å². The van der Waals surface area contributed by atoms with Gasteiger partial charge in [0.05, 0.1) is 24.0 Å². The number of benzene rings is 2. The van der Waals surface area contributed by atoms with Gasteiger partial charge in [-0.25, -0.2) is 0 Å². The highest BCUT2D eigenvalue weighted by molar-refractivity contribution is 8.77. The average Bonchev–Trinajstić information content (AvgIpc) is 3.18. The predicted octanol–water partition coefficient (Wildman–Crippen LogP) is 6.91. The van der Waals surface area contributed by atoms with Gasteiger partial charge in [-0.2, -0.15) is 0 Å². The molecule has 24 heavy (non-hydrogen) atoms. The molecule has 0 aliphatic carbocycles. The number of ether oxygens (including phenoxy) is 2. The molecule has 0 saturated carbocycles. The number of thiophene rings is 2. The Morgan fingerprint density at radius 3 is 1.54 bits per heavy atom. The zero-order valence-electron chi connectivity index (χ0n) is 12.9. The van der Waals surface area contributed by atoms with Crippen LogP contribution in [0, 0.1) is 0 Å². The molecule has 120 valence electrons. The molecular weight excluding hydrogens is 376 g/mol. The summed E-state index contributed by atoms with van der Waals surface area (Å²) >= 11 is 3.72. The lowest BCUT2D eigenvalue weighted by atomic mass is 10.2. The van der Waals surface area contributed by atoms with Crippen molar-refractivity contribution in [3.05, 3.63) is 36.4 Å². The Morgan fingerprint density at radius 2 is 1.12 bits per heavy atom. The maximum Gasteiger partial charge on any atom is 0.120 e. The molecule has 0 spiro atoms. The van der Waals surface area contributed by atoms with Gasteiger partial charge in [-0.3, -0.25) is 0 Å². The Labute approximate surface area is 155 Å². The summed E-state index contributed by atoms with van der Waals surface area (Å²) in [6.45, 7) is 0. The van der Waals surface area contributed by atoms with Crippen molar-refractivity contribution in [2.24, 2.45) is 0 Å². The van der Waals surface area contributed by atoms with Crippen LogP contribution < -0.4 is 9.47 Å². The lowest BCUT2D eigenvalue weighted by molar-refractivity contribution is 0.415. The van der Waals surface area contributed by atoms with E-state index in [1.54, 1.807) is 14.2 Å². The van der Waals surface area contributed by atoms with Gasteiger partial charge in [0, 0.05) is 30.0 Å². The molecule has 0 N–H and O–H groups in total. The SMILES string of the molecule is COc1ccc2c3c(sc2c1)-c1sc2cc(OC)ccc2c1SS3. The Hall–Kier alpha value is -1.34. The van der Waals surface area contributed by atoms with Crippen molar-refractivity contribution in [1.29, 1.82) is 0 Å². The third-order valence-electron chi connectivity index (χ3n) is 4.12. The highest BCUT2D eigenvalue weighted by Crippen LogP contribution is 2.61. The largest absolute Gasteiger partial charge is 0.497 e. The van der Waals surface area contributed by atoms with Gasteiger partial charge in [0.1, 0.15) is 11.5 Å². The molecule has 5 rings (SSSR count). The molecule has 0 fully saturated rings. The van der Waals surface area contributed by atoms with Crippen LogP contribution in [0.15, 0.2) is 46.2 Å². The molecule has 2 aromatic carbocycles. The Bertz CT molecular complexity index is 1010. The van der Waals surface area contributed by atoms with Crippen molar-refractivity contribution in [2.75, 3.05) is 14.2 Å². The van der Waals surface area contributed by atoms with E-state index in [-0.39, 0.29) is 0 Å². The predicted molar refractivity (Wildman–Crippen MR) is 107 cm³/mol. The summed E-state index contributed by atoms with van der Waals surface area (Å²) in [7, 11) is 7.18. The summed E-state index contributed by atoms with van der Waals surface area (Å²) in [5.41, 5.74) is 0.